The second kappa shape index (κ2) is 12.2. The normalized spacial score (nSPS) is 12.2. The zero-order chi connectivity index (χ0) is 8.31. The average Bonchev–Trinajstić information content (AvgIpc) is 1.84. The molecular formula is C4H4KLiNaO6+. The van der Waals surface area contributed by atoms with Crippen LogP contribution in [0.25, 0.3) is 0 Å². The third-order valence-corrected chi connectivity index (χ3v) is 0.782. The Bertz CT molecular complexity index is 149. The minimum absolute atomic E-state index is 0. The molecule has 0 aliphatic carbocycles. The average molecular weight is 217 g/mol. The molecule has 0 rings (SSSR count). The zero-order valence-electron chi connectivity index (χ0n) is 7.68. The van der Waals surface area contributed by atoms with Crippen LogP contribution in [0.4, 0.5) is 0 Å². The molecule has 9 heteroatoms. The Morgan fingerprint density at radius 3 is 1.23 bits per heavy atom. The topological polar surface area (TPSA) is 121 Å². The monoisotopic (exact) mass is 217 g/mol. The Hall–Kier alpha value is 2.09. The Balaban J connectivity index is -0.000000135. The van der Waals surface area contributed by atoms with Gasteiger partial charge in [-0.05, 0) is 0 Å². The maximum atomic E-state index is 9.63. The molecule has 2 atom stereocenters. The van der Waals surface area contributed by atoms with Crippen LogP contribution in [0.15, 0.2) is 0 Å². The van der Waals surface area contributed by atoms with Crippen LogP contribution in [0.5, 0.6) is 0 Å². The van der Waals surface area contributed by atoms with Crippen LogP contribution >= 0.6 is 0 Å². The van der Waals surface area contributed by atoms with Gasteiger partial charge in [-0.1, -0.05) is 0 Å². The van der Waals surface area contributed by atoms with E-state index in [4.69, 9.17) is 10.2 Å². The van der Waals surface area contributed by atoms with E-state index in [2.05, 4.69) is 0 Å². The summed E-state index contributed by atoms with van der Waals surface area (Å²) < 4.78 is 0. The fourth-order valence-corrected chi connectivity index (χ4v) is 0.258. The van der Waals surface area contributed by atoms with E-state index in [1.807, 2.05) is 0 Å². The van der Waals surface area contributed by atoms with Crippen molar-refractivity contribution in [2.24, 2.45) is 0 Å². The Labute approximate surface area is 151 Å². The van der Waals surface area contributed by atoms with E-state index in [-0.39, 0.29) is 99.8 Å². The van der Waals surface area contributed by atoms with Gasteiger partial charge in [-0.25, -0.2) is 0 Å². The Morgan fingerprint density at radius 1 is 1.00 bits per heavy atom. The molecule has 0 aliphatic heterocycles. The number of carbonyl (C=O) groups excluding carboxylic acids is 2. The molecule has 0 fully saturated rings. The molecule has 58 valence electrons. The maximum absolute atomic E-state index is 9.63. The van der Waals surface area contributed by atoms with Crippen molar-refractivity contribution in [3.05, 3.63) is 0 Å². The molecule has 2 unspecified atom stereocenters. The van der Waals surface area contributed by atoms with E-state index in [0.717, 1.165) is 0 Å². The van der Waals surface area contributed by atoms with Gasteiger partial charge in [0.05, 0.1) is 11.9 Å². The second-order valence-electron chi connectivity index (χ2n) is 1.53. The first-order valence-corrected chi connectivity index (χ1v) is 2.24. The summed E-state index contributed by atoms with van der Waals surface area (Å²) in [5.41, 5.74) is 0. The van der Waals surface area contributed by atoms with Crippen LogP contribution in [-0.4, -0.2) is 34.4 Å². The van der Waals surface area contributed by atoms with Crippen LogP contribution < -0.4 is 110 Å². The zero-order valence-corrected chi connectivity index (χ0v) is 12.8. The molecule has 0 aromatic carbocycles. The second-order valence-corrected chi connectivity index (χ2v) is 1.53. The van der Waals surface area contributed by atoms with Crippen LogP contribution in [0.1, 0.15) is 0 Å². The van der Waals surface area contributed by atoms with Gasteiger partial charge in [0.15, 0.2) is 0 Å². The number of hydrogen-bond acceptors (Lipinski definition) is 6. The van der Waals surface area contributed by atoms with Gasteiger partial charge < -0.3 is 30.0 Å². The standard InChI is InChI=1S/C4H6O6.K.Li.Na/c5-1(3(7)8)2(6)4(9)10;;;/h1-2,5-6H,(H,7,8)(H,9,10);;;/q;3*+1/p-2. The number of aliphatic hydroxyl groups is 2. The SMILES string of the molecule is O=C([O-])C(O)C(O)C(=O)[O-].[K+].[Li+].[Na+]. The minimum atomic E-state index is -2.44. The molecule has 13 heavy (non-hydrogen) atoms. The summed E-state index contributed by atoms with van der Waals surface area (Å²) in [6.45, 7) is 0. The van der Waals surface area contributed by atoms with Crippen LogP contribution in [0, 0.1) is 0 Å². The van der Waals surface area contributed by atoms with Crippen LogP contribution in [-0.2, 0) is 9.59 Å². The van der Waals surface area contributed by atoms with Crippen molar-refractivity contribution in [2.45, 2.75) is 12.2 Å². The number of carboxylic acid groups (broad SMARTS) is 2. The van der Waals surface area contributed by atoms with Crippen molar-refractivity contribution in [1.82, 2.24) is 0 Å². The quantitative estimate of drug-likeness (QED) is 0.453. The Morgan fingerprint density at radius 2 is 1.15 bits per heavy atom. The predicted molar refractivity (Wildman–Crippen MR) is 22.0 cm³/mol. The summed E-state index contributed by atoms with van der Waals surface area (Å²) in [7, 11) is 0. The third kappa shape index (κ3) is 10.4. The first kappa shape index (κ1) is 24.4. The van der Waals surface area contributed by atoms with Crippen molar-refractivity contribution in [1.29, 1.82) is 0 Å². The molecule has 0 aromatic heterocycles. The van der Waals surface area contributed by atoms with Gasteiger partial charge in [-0.15, -0.1) is 0 Å². The van der Waals surface area contributed by atoms with Gasteiger partial charge >= 0.3 is 99.8 Å². The van der Waals surface area contributed by atoms with Gasteiger partial charge in [0.25, 0.3) is 0 Å². The number of hydrogen-bond donors (Lipinski definition) is 2. The van der Waals surface area contributed by atoms with Gasteiger partial charge in [0.2, 0.25) is 0 Å². The number of aliphatic carboxylic acids is 2. The van der Waals surface area contributed by atoms with Crippen molar-refractivity contribution in [2.75, 3.05) is 0 Å². The number of aliphatic hydroxyl groups excluding tert-OH is 2. The molecule has 0 saturated heterocycles. The smallest absolute Gasteiger partial charge is 0.547 e. The van der Waals surface area contributed by atoms with E-state index < -0.39 is 24.1 Å². The molecule has 0 spiro atoms. The van der Waals surface area contributed by atoms with Crippen molar-refractivity contribution < 1.29 is 130 Å². The summed E-state index contributed by atoms with van der Waals surface area (Å²) in [6, 6.07) is 0. The number of carbonyl (C=O) groups is 2. The maximum Gasteiger partial charge on any atom is 1.00 e. The minimum Gasteiger partial charge on any atom is -0.547 e. The molecule has 2 N–H and O–H groups in total. The van der Waals surface area contributed by atoms with E-state index in [9.17, 15) is 19.8 Å². The van der Waals surface area contributed by atoms with Gasteiger partial charge in [0.1, 0.15) is 12.2 Å². The first-order chi connectivity index (χ1) is 4.46. The summed E-state index contributed by atoms with van der Waals surface area (Å²) in [4.78, 5) is 19.3. The predicted octanol–water partition coefficient (Wildman–Crippen LogP) is -13.8. The fraction of sp³-hybridized carbons (Fsp3) is 0.500. The van der Waals surface area contributed by atoms with Crippen LogP contribution in [0.3, 0.4) is 0 Å². The molecule has 0 heterocycles. The summed E-state index contributed by atoms with van der Waals surface area (Å²) in [5, 5.41) is 35.7. The number of rotatable bonds is 3. The van der Waals surface area contributed by atoms with E-state index in [0.29, 0.717) is 0 Å². The first-order valence-electron chi connectivity index (χ1n) is 2.24. The fourth-order valence-electron chi connectivity index (χ4n) is 0.258. The summed E-state index contributed by atoms with van der Waals surface area (Å²) >= 11 is 0. The van der Waals surface area contributed by atoms with Gasteiger partial charge in [-0.3, -0.25) is 0 Å². The molecule has 0 aromatic rings. The van der Waals surface area contributed by atoms with E-state index in [1.54, 1.807) is 0 Å². The largest absolute Gasteiger partial charge is 1.00 e. The molecule has 0 aliphatic rings. The third-order valence-electron chi connectivity index (χ3n) is 0.782. The van der Waals surface area contributed by atoms with Crippen molar-refractivity contribution >= 4 is 11.9 Å². The van der Waals surface area contributed by atoms with Gasteiger partial charge in [0, 0.05) is 0 Å². The molecule has 0 amide bonds. The molecule has 0 radical (unpaired) electrons. The molecule has 0 saturated carbocycles. The van der Waals surface area contributed by atoms with E-state index >= 15 is 0 Å². The Kier molecular flexibility index (Phi) is 22.8. The summed E-state index contributed by atoms with van der Waals surface area (Å²) in [6.07, 6.45) is -4.88. The van der Waals surface area contributed by atoms with E-state index in [1.165, 1.54) is 0 Å². The molecular weight excluding hydrogens is 213 g/mol. The number of carboxylic acids is 2. The van der Waals surface area contributed by atoms with Crippen molar-refractivity contribution in [3.63, 3.8) is 0 Å². The summed E-state index contributed by atoms with van der Waals surface area (Å²) in [5.74, 6) is -4.12. The van der Waals surface area contributed by atoms with Crippen molar-refractivity contribution in [3.8, 4) is 0 Å². The molecule has 6 nitrogen and oxygen atoms in total. The molecule has 0 bridgehead atoms. The van der Waals surface area contributed by atoms with Crippen LogP contribution in [0.2, 0.25) is 0 Å². The van der Waals surface area contributed by atoms with Gasteiger partial charge in [-0.2, -0.15) is 0 Å².